The van der Waals surface area contributed by atoms with Crippen molar-refractivity contribution in [3.8, 4) is 0 Å². The van der Waals surface area contributed by atoms with Crippen LogP contribution in [0.3, 0.4) is 0 Å². The number of carbonyl (C=O) groups is 1. The first-order chi connectivity index (χ1) is 7.25. The first-order valence-corrected chi connectivity index (χ1v) is 6.33. The van der Waals surface area contributed by atoms with Crippen molar-refractivity contribution >= 4 is 5.91 Å². The summed E-state index contributed by atoms with van der Waals surface area (Å²) in [5.41, 5.74) is 0.475. The minimum atomic E-state index is 0.0298. The van der Waals surface area contributed by atoms with E-state index in [1.165, 1.54) is 0 Å². The van der Waals surface area contributed by atoms with E-state index in [0.717, 1.165) is 6.42 Å². The molecule has 2 aliphatic rings. The van der Waals surface area contributed by atoms with Crippen LogP contribution in [-0.2, 0) is 4.79 Å². The maximum absolute atomic E-state index is 12.3. The number of amides is 1. The number of hydrogen-bond donors (Lipinski definition) is 1. The Hall–Kier alpha value is -0.570. The molecule has 1 saturated heterocycles. The molecule has 2 atom stereocenters. The van der Waals surface area contributed by atoms with Crippen LogP contribution in [0.4, 0.5) is 0 Å². The van der Waals surface area contributed by atoms with Crippen LogP contribution in [0.1, 0.15) is 48.0 Å². The molecule has 0 aromatic carbocycles. The van der Waals surface area contributed by atoms with Crippen LogP contribution in [-0.4, -0.2) is 29.1 Å². The smallest absolute Gasteiger partial charge is 0.241 e. The maximum Gasteiger partial charge on any atom is 0.241 e. The molecule has 1 heterocycles. The van der Waals surface area contributed by atoms with Crippen molar-refractivity contribution < 1.29 is 4.79 Å². The molecule has 0 spiro atoms. The van der Waals surface area contributed by atoms with E-state index in [4.69, 9.17) is 0 Å². The van der Waals surface area contributed by atoms with Crippen molar-refractivity contribution in [3.05, 3.63) is 0 Å². The minimum absolute atomic E-state index is 0.0298. The molecular weight excluding hydrogens is 200 g/mol. The second-order valence-corrected chi connectivity index (χ2v) is 6.39. The number of hydrogen-bond acceptors (Lipinski definition) is 2. The second kappa shape index (κ2) is 3.22. The molecule has 0 bridgehead atoms. The summed E-state index contributed by atoms with van der Waals surface area (Å²) in [4.78, 5) is 14.3. The summed E-state index contributed by atoms with van der Waals surface area (Å²) in [6.45, 7) is 13.2. The predicted molar refractivity (Wildman–Crippen MR) is 64.9 cm³/mol. The van der Waals surface area contributed by atoms with E-state index in [-0.39, 0.29) is 23.0 Å². The van der Waals surface area contributed by atoms with Crippen LogP contribution in [0.25, 0.3) is 0 Å². The molecule has 1 amide bonds. The lowest BCUT2D eigenvalue weighted by molar-refractivity contribution is -0.131. The first-order valence-electron chi connectivity index (χ1n) is 6.33. The normalized spacial score (nSPS) is 36.9. The summed E-state index contributed by atoms with van der Waals surface area (Å²) in [5, 5.41) is 3.38. The van der Waals surface area contributed by atoms with E-state index in [9.17, 15) is 4.79 Å². The highest BCUT2D eigenvalue weighted by molar-refractivity contribution is 5.85. The molecule has 2 unspecified atom stereocenters. The Morgan fingerprint density at radius 1 is 1.25 bits per heavy atom. The topological polar surface area (TPSA) is 32.3 Å². The summed E-state index contributed by atoms with van der Waals surface area (Å²) >= 11 is 0. The summed E-state index contributed by atoms with van der Waals surface area (Å²) < 4.78 is 0. The average Bonchev–Trinajstić information content (AvgIpc) is 2.46. The molecule has 0 aromatic rings. The third-order valence-electron chi connectivity index (χ3n) is 5.04. The van der Waals surface area contributed by atoms with Gasteiger partial charge in [0.25, 0.3) is 0 Å². The van der Waals surface area contributed by atoms with E-state index in [2.05, 4.69) is 51.8 Å². The lowest BCUT2D eigenvalue weighted by atomic mass is 10.0. The van der Waals surface area contributed by atoms with Gasteiger partial charge in [0, 0.05) is 6.04 Å². The van der Waals surface area contributed by atoms with Gasteiger partial charge in [0.05, 0.1) is 12.2 Å². The Morgan fingerprint density at radius 3 is 2.06 bits per heavy atom. The Balaban J connectivity index is 2.21. The Labute approximate surface area is 98.6 Å². The molecule has 3 heteroatoms. The summed E-state index contributed by atoms with van der Waals surface area (Å²) in [7, 11) is 0. The average molecular weight is 224 g/mol. The molecule has 0 aromatic heterocycles. The highest BCUT2D eigenvalue weighted by atomic mass is 16.2. The van der Waals surface area contributed by atoms with Crippen molar-refractivity contribution in [2.45, 2.75) is 66.2 Å². The monoisotopic (exact) mass is 224 g/mol. The van der Waals surface area contributed by atoms with Crippen LogP contribution in [0, 0.1) is 10.8 Å². The molecule has 1 aliphatic carbocycles. The Kier molecular flexibility index (Phi) is 2.40. The fourth-order valence-electron chi connectivity index (χ4n) is 3.31. The van der Waals surface area contributed by atoms with Gasteiger partial charge in [0.2, 0.25) is 5.91 Å². The molecule has 92 valence electrons. The molecule has 2 fully saturated rings. The zero-order valence-electron chi connectivity index (χ0n) is 11.3. The van der Waals surface area contributed by atoms with Crippen LogP contribution in [0.5, 0.6) is 0 Å². The molecule has 1 N–H and O–H groups in total. The standard InChI is InChI=1S/C13H24N2O/c1-7-9-10(16)15(8(2)14-9)11-12(3,4)13(11,5)6/h8-9,11,14H,7H2,1-6H3. The van der Waals surface area contributed by atoms with Crippen LogP contribution < -0.4 is 5.32 Å². The largest absolute Gasteiger partial charge is 0.322 e. The molecular formula is C13H24N2O. The molecule has 1 aliphatic heterocycles. The quantitative estimate of drug-likeness (QED) is 0.778. The second-order valence-electron chi connectivity index (χ2n) is 6.39. The first kappa shape index (κ1) is 11.9. The van der Waals surface area contributed by atoms with Crippen LogP contribution in [0.15, 0.2) is 0 Å². The lowest BCUT2D eigenvalue weighted by Gasteiger charge is -2.23. The number of nitrogens with one attached hydrogen (secondary N) is 1. The molecule has 2 rings (SSSR count). The lowest BCUT2D eigenvalue weighted by Crippen LogP contribution is -2.39. The van der Waals surface area contributed by atoms with Crippen molar-refractivity contribution in [2.75, 3.05) is 0 Å². The van der Waals surface area contributed by atoms with Crippen LogP contribution >= 0.6 is 0 Å². The summed E-state index contributed by atoms with van der Waals surface area (Å²) in [6.07, 6.45) is 1.07. The summed E-state index contributed by atoms with van der Waals surface area (Å²) in [6, 6.07) is 0.411. The van der Waals surface area contributed by atoms with Crippen LogP contribution in [0.2, 0.25) is 0 Å². The van der Waals surface area contributed by atoms with Gasteiger partial charge in [0.1, 0.15) is 0 Å². The van der Waals surface area contributed by atoms with Gasteiger partial charge in [-0.2, -0.15) is 0 Å². The Morgan fingerprint density at radius 2 is 1.75 bits per heavy atom. The van der Waals surface area contributed by atoms with Gasteiger partial charge in [0.15, 0.2) is 0 Å². The van der Waals surface area contributed by atoms with E-state index in [1.807, 2.05) is 0 Å². The van der Waals surface area contributed by atoms with Crippen molar-refractivity contribution in [1.82, 2.24) is 10.2 Å². The molecule has 16 heavy (non-hydrogen) atoms. The Bertz CT molecular complexity index is 308. The van der Waals surface area contributed by atoms with E-state index in [1.54, 1.807) is 0 Å². The molecule has 3 nitrogen and oxygen atoms in total. The third-order valence-corrected chi connectivity index (χ3v) is 5.04. The predicted octanol–water partition coefficient (Wildman–Crippen LogP) is 1.98. The van der Waals surface area contributed by atoms with Gasteiger partial charge in [-0.05, 0) is 24.2 Å². The number of carbonyl (C=O) groups excluding carboxylic acids is 1. The SMILES string of the molecule is CCC1NC(C)N(C2C(C)(C)C2(C)C)C1=O. The van der Waals surface area contributed by atoms with Gasteiger partial charge in [-0.15, -0.1) is 0 Å². The van der Waals surface area contributed by atoms with Crippen molar-refractivity contribution in [3.63, 3.8) is 0 Å². The summed E-state index contributed by atoms with van der Waals surface area (Å²) in [5.74, 6) is 0.290. The fourth-order valence-corrected chi connectivity index (χ4v) is 3.31. The number of rotatable bonds is 2. The number of nitrogens with zero attached hydrogens (tertiary/aromatic N) is 1. The van der Waals surface area contributed by atoms with Gasteiger partial charge in [-0.1, -0.05) is 34.6 Å². The minimum Gasteiger partial charge on any atom is -0.322 e. The highest BCUT2D eigenvalue weighted by Crippen LogP contribution is 2.65. The zero-order chi connectivity index (χ0) is 12.3. The van der Waals surface area contributed by atoms with Gasteiger partial charge < -0.3 is 4.90 Å². The third kappa shape index (κ3) is 1.27. The maximum atomic E-state index is 12.3. The molecule has 0 radical (unpaired) electrons. The van der Waals surface area contributed by atoms with Gasteiger partial charge in [-0.3, -0.25) is 10.1 Å². The van der Waals surface area contributed by atoms with Crippen molar-refractivity contribution in [1.29, 1.82) is 0 Å². The van der Waals surface area contributed by atoms with Gasteiger partial charge in [-0.25, -0.2) is 0 Å². The molecule has 1 saturated carbocycles. The van der Waals surface area contributed by atoms with E-state index in [0.29, 0.717) is 11.9 Å². The fraction of sp³-hybridized carbons (Fsp3) is 0.923. The van der Waals surface area contributed by atoms with E-state index < -0.39 is 0 Å². The van der Waals surface area contributed by atoms with Crippen molar-refractivity contribution in [2.24, 2.45) is 10.8 Å². The zero-order valence-corrected chi connectivity index (χ0v) is 11.3. The van der Waals surface area contributed by atoms with E-state index >= 15 is 0 Å². The highest BCUT2D eigenvalue weighted by Gasteiger charge is 2.69. The van der Waals surface area contributed by atoms with Gasteiger partial charge >= 0.3 is 0 Å².